The molecule has 1 aromatic rings. The fourth-order valence-electron chi connectivity index (χ4n) is 2.31. The fourth-order valence-corrected chi connectivity index (χ4v) is 2.55. The van der Waals surface area contributed by atoms with Crippen molar-refractivity contribution in [2.75, 3.05) is 11.4 Å². The Kier molecular flexibility index (Phi) is 4.48. The van der Waals surface area contributed by atoms with Gasteiger partial charge in [-0.3, -0.25) is 9.59 Å². The highest BCUT2D eigenvalue weighted by Crippen LogP contribution is 2.25. The van der Waals surface area contributed by atoms with Crippen molar-refractivity contribution in [2.24, 2.45) is 5.92 Å². The van der Waals surface area contributed by atoms with Crippen molar-refractivity contribution in [1.29, 1.82) is 0 Å². The van der Waals surface area contributed by atoms with Crippen LogP contribution in [0.2, 0.25) is 0 Å². The van der Waals surface area contributed by atoms with Crippen molar-refractivity contribution >= 4 is 33.4 Å². The minimum Gasteiger partial charge on any atom is -0.342 e. The Morgan fingerprint density at radius 3 is 2.75 bits per heavy atom. The zero-order valence-corrected chi connectivity index (χ0v) is 13.5. The number of benzene rings is 1. The van der Waals surface area contributed by atoms with E-state index in [0.29, 0.717) is 0 Å². The van der Waals surface area contributed by atoms with Gasteiger partial charge in [-0.15, -0.1) is 0 Å². The van der Waals surface area contributed by atoms with Crippen LogP contribution in [-0.4, -0.2) is 24.4 Å². The lowest BCUT2D eigenvalue weighted by Gasteiger charge is -2.35. The first-order chi connectivity index (χ1) is 9.43. The third-order valence-corrected chi connectivity index (χ3v) is 4.71. The van der Waals surface area contributed by atoms with Gasteiger partial charge in [0.25, 0.3) is 0 Å². The van der Waals surface area contributed by atoms with Crippen LogP contribution in [0.25, 0.3) is 0 Å². The summed E-state index contributed by atoms with van der Waals surface area (Å²) in [5.74, 6) is 0.00180. The Labute approximate surface area is 127 Å². The lowest BCUT2D eigenvalue weighted by molar-refractivity contribution is -0.132. The molecule has 0 radical (unpaired) electrons. The average molecular weight is 339 g/mol. The maximum Gasteiger partial charge on any atom is 0.250 e. The summed E-state index contributed by atoms with van der Waals surface area (Å²) < 4.78 is 0.994. The molecule has 5 heteroatoms. The number of carbonyl (C=O) groups is 2. The topological polar surface area (TPSA) is 49.4 Å². The predicted molar refractivity (Wildman–Crippen MR) is 82.6 cm³/mol. The fraction of sp³-hybridized carbons (Fsp3) is 0.467. The maximum absolute atomic E-state index is 12.6. The zero-order chi connectivity index (χ0) is 14.9. The van der Waals surface area contributed by atoms with Gasteiger partial charge >= 0.3 is 0 Å². The molecule has 1 aliphatic rings. The summed E-state index contributed by atoms with van der Waals surface area (Å²) in [6.45, 7) is 6.06. The van der Waals surface area contributed by atoms with E-state index in [1.54, 1.807) is 4.90 Å². The zero-order valence-electron chi connectivity index (χ0n) is 11.9. The predicted octanol–water partition coefficient (Wildman–Crippen LogP) is 2.64. The van der Waals surface area contributed by atoms with Crippen molar-refractivity contribution in [3.63, 3.8) is 0 Å². The molecule has 108 valence electrons. The van der Waals surface area contributed by atoms with E-state index < -0.39 is 6.04 Å². The van der Waals surface area contributed by atoms with Crippen LogP contribution in [0.1, 0.15) is 25.8 Å². The molecular formula is C15H19BrN2O2. The summed E-state index contributed by atoms with van der Waals surface area (Å²) in [6.07, 6.45) is 0.851. The number of anilines is 1. The van der Waals surface area contributed by atoms with Gasteiger partial charge in [-0.1, -0.05) is 36.2 Å². The number of nitrogens with zero attached hydrogens (tertiary/aromatic N) is 1. The summed E-state index contributed by atoms with van der Waals surface area (Å²) in [5, 5.41) is 2.80. The van der Waals surface area contributed by atoms with E-state index in [1.807, 2.05) is 39.0 Å². The molecule has 2 amide bonds. The first-order valence-electron chi connectivity index (χ1n) is 6.81. The number of amides is 2. The molecule has 1 aromatic carbocycles. The SMILES string of the molecule is CCC(C)C1NC(=O)CN(c2ccc(Br)c(C)c2)C1=O. The van der Waals surface area contributed by atoms with Gasteiger partial charge in [-0.25, -0.2) is 0 Å². The van der Waals surface area contributed by atoms with E-state index in [1.165, 1.54) is 0 Å². The second-order valence-corrected chi connectivity index (χ2v) is 6.14. The van der Waals surface area contributed by atoms with Gasteiger partial charge in [0, 0.05) is 10.2 Å². The third-order valence-electron chi connectivity index (χ3n) is 3.82. The number of halogens is 1. The van der Waals surface area contributed by atoms with Crippen molar-refractivity contribution in [3.05, 3.63) is 28.2 Å². The first-order valence-corrected chi connectivity index (χ1v) is 7.60. The van der Waals surface area contributed by atoms with Gasteiger partial charge in [-0.05, 0) is 36.6 Å². The average Bonchev–Trinajstić information content (AvgIpc) is 2.43. The number of aryl methyl sites for hydroxylation is 1. The minimum absolute atomic E-state index is 0.0272. The Bertz CT molecular complexity index is 545. The van der Waals surface area contributed by atoms with E-state index in [9.17, 15) is 9.59 Å². The van der Waals surface area contributed by atoms with Crippen LogP contribution >= 0.6 is 15.9 Å². The quantitative estimate of drug-likeness (QED) is 0.920. The highest BCUT2D eigenvalue weighted by atomic mass is 79.9. The maximum atomic E-state index is 12.6. The van der Waals surface area contributed by atoms with Gasteiger partial charge in [0.1, 0.15) is 12.6 Å². The number of hydrogen-bond donors (Lipinski definition) is 1. The monoisotopic (exact) mass is 338 g/mol. The van der Waals surface area contributed by atoms with E-state index in [-0.39, 0.29) is 24.3 Å². The molecule has 1 heterocycles. The van der Waals surface area contributed by atoms with Crippen molar-refractivity contribution in [2.45, 2.75) is 33.2 Å². The molecule has 0 saturated carbocycles. The highest BCUT2D eigenvalue weighted by molar-refractivity contribution is 9.10. The normalized spacial score (nSPS) is 20.8. The molecule has 4 nitrogen and oxygen atoms in total. The van der Waals surface area contributed by atoms with E-state index >= 15 is 0 Å². The summed E-state index contributed by atoms with van der Waals surface area (Å²) in [7, 11) is 0. The molecule has 1 aliphatic heterocycles. The molecular weight excluding hydrogens is 320 g/mol. The van der Waals surface area contributed by atoms with E-state index in [0.717, 1.165) is 22.1 Å². The molecule has 2 unspecified atom stereocenters. The van der Waals surface area contributed by atoms with Crippen LogP contribution in [0.15, 0.2) is 22.7 Å². The van der Waals surface area contributed by atoms with Gasteiger partial charge < -0.3 is 10.2 Å². The van der Waals surface area contributed by atoms with Gasteiger partial charge in [0.2, 0.25) is 11.8 Å². The molecule has 0 spiro atoms. The van der Waals surface area contributed by atoms with E-state index in [4.69, 9.17) is 0 Å². The second kappa shape index (κ2) is 5.95. The molecule has 1 fully saturated rings. The van der Waals surface area contributed by atoms with Crippen LogP contribution in [0.4, 0.5) is 5.69 Å². The Morgan fingerprint density at radius 2 is 2.15 bits per heavy atom. The number of rotatable bonds is 3. The molecule has 1 saturated heterocycles. The minimum atomic E-state index is -0.426. The summed E-state index contributed by atoms with van der Waals surface area (Å²) in [6, 6.07) is 5.27. The standard InChI is InChI=1S/C15H19BrN2O2/c1-4-9(2)14-15(20)18(8-13(19)17-14)11-5-6-12(16)10(3)7-11/h5-7,9,14H,4,8H2,1-3H3,(H,17,19). The van der Waals surface area contributed by atoms with Crippen LogP contribution in [0.5, 0.6) is 0 Å². The molecule has 2 atom stereocenters. The number of hydrogen-bond acceptors (Lipinski definition) is 2. The molecule has 1 N–H and O–H groups in total. The number of nitrogens with one attached hydrogen (secondary N) is 1. The smallest absolute Gasteiger partial charge is 0.250 e. The number of carbonyl (C=O) groups excluding carboxylic acids is 2. The van der Waals surface area contributed by atoms with Crippen molar-refractivity contribution in [3.8, 4) is 0 Å². The molecule has 0 bridgehead atoms. The summed E-state index contributed by atoms with van der Waals surface area (Å²) in [4.78, 5) is 26.0. The Morgan fingerprint density at radius 1 is 1.45 bits per heavy atom. The molecule has 0 aliphatic carbocycles. The van der Waals surface area contributed by atoms with Gasteiger partial charge in [-0.2, -0.15) is 0 Å². The van der Waals surface area contributed by atoms with Crippen LogP contribution in [0.3, 0.4) is 0 Å². The summed E-state index contributed by atoms with van der Waals surface area (Å²) >= 11 is 3.44. The highest BCUT2D eigenvalue weighted by Gasteiger charge is 2.36. The Hall–Kier alpha value is -1.36. The lowest BCUT2D eigenvalue weighted by Crippen LogP contribution is -2.60. The Balaban J connectivity index is 2.32. The van der Waals surface area contributed by atoms with Gasteiger partial charge in [0.05, 0.1) is 0 Å². The number of piperazine rings is 1. The summed E-state index contributed by atoms with van der Waals surface area (Å²) in [5.41, 5.74) is 1.82. The lowest BCUT2D eigenvalue weighted by atomic mass is 9.96. The van der Waals surface area contributed by atoms with Crippen LogP contribution < -0.4 is 10.2 Å². The van der Waals surface area contributed by atoms with Gasteiger partial charge in [0.15, 0.2) is 0 Å². The first kappa shape index (κ1) is 15.0. The molecule has 0 aromatic heterocycles. The largest absolute Gasteiger partial charge is 0.342 e. The second-order valence-electron chi connectivity index (χ2n) is 5.29. The van der Waals surface area contributed by atoms with Crippen molar-refractivity contribution in [1.82, 2.24) is 5.32 Å². The third kappa shape index (κ3) is 2.87. The van der Waals surface area contributed by atoms with Crippen LogP contribution in [-0.2, 0) is 9.59 Å². The van der Waals surface area contributed by atoms with E-state index in [2.05, 4.69) is 21.2 Å². The molecule has 2 rings (SSSR count). The molecule has 20 heavy (non-hydrogen) atoms. The van der Waals surface area contributed by atoms with Crippen molar-refractivity contribution < 1.29 is 9.59 Å². The van der Waals surface area contributed by atoms with Crippen LogP contribution in [0, 0.1) is 12.8 Å².